The topological polar surface area (TPSA) is 58.6 Å². The maximum absolute atomic E-state index is 13.2. The van der Waals surface area contributed by atoms with Crippen molar-refractivity contribution < 1.29 is 14.3 Å². The zero-order valence-corrected chi connectivity index (χ0v) is 21.0. The lowest BCUT2D eigenvalue weighted by Crippen LogP contribution is -2.50. The molecule has 2 aromatic carbocycles. The zero-order chi connectivity index (χ0) is 24.0. The molecule has 33 heavy (non-hydrogen) atoms. The highest BCUT2D eigenvalue weighted by molar-refractivity contribution is 6.36. The van der Waals surface area contributed by atoms with E-state index in [-0.39, 0.29) is 31.0 Å². The molecule has 0 spiro atoms. The Morgan fingerprint density at radius 2 is 1.64 bits per heavy atom. The lowest BCUT2D eigenvalue weighted by Gasteiger charge is -2.30. The molecule has 0 bridgehead atoms. The van der Waals surface area contributed by atoms with E-state index in [2.05, 4.69) is 19.2 Å². The van der Waals surface area contributed by atoms with Gasteiger partial charge in [0.1, 0.15) is 11.8 Å². The van der Waals surface area contributed by atoms with Crippen LogP contribution in [-0.4, -0.2) is 35.4 Å². The first-order chi connectivity index (χ1) is 15.8. The monoisotopic (exact) mass is 490 g/mol. The number of amides is 2. The number of benzene rings is 2. The van der Waals surface area contributed by atoms with Crippen LogP contribution in [0.25, 0.3) is 0 Å². The number of hydrogen-bond donors (Lipinski definition) is 1. The van der Waals surface area contributed by atoms with Crippen molar-refractivity contribution in [3.05, 3.63) is 63.6 Å². The molecule has 0 unspecified atom stereocenters. The van der Waals surface area contributed by atoms with Crippen molar-refractivity contribution in [2.45, 2.75) is 71.0 Å². The predicted octanol–water partition coefficient (Wildman–Crippen LogP) is 5.97. The molecule has 1 aliphatic carbocycles. The fraction of sp³-hybridized carbons (Fsp3) is 0.462. The van der Waals surface area contributed by atoms with Crippen LogP contribution in [0.1, 0.15) is 63.5 Å². The van der Waals surface area contributed by atoms with Gasteiger partial charge in [0.05, 0.1) is 0 Å². The van der Waals surface area contributed by atoms with Crippen LogP contribution in [0.3, 0.4) is 0 Å². The number of rotatable bonds is 9. The zero-order valence-electron chi connectivity index (χ0n) is 19.4. The van der Waals surface area contributed by atoms with Crippen molar-refractivity contribution in [2.24, 2.45) is 0 Å². The summed E-state index contributed by atoms with van der Waals surface area (Å²) in [6.07, 6.45) is 4.16. The van der Waals surface area contributed by atoms with Crippen LogP contribution in [0.2, 0.25) is 10.0 Å². The Balaban J connectivity index is 1.74. The summed E-state index contributed by atoms with van der Waals surface area (Å²) in [7, 11) is 0. The predicted molar refractivity (Wildman–Crippen MR) is 133 cm³/mol. The Hall–Kier alpha value is -2.24. The number of carbonyl (C=O) groups is 2. The average Bonchev–Trinajstić information content (AvgIpc) is 3.30. The summed E-state index contributed by atoms with van der Waals surface area (Å²) >= 11 is 12.7. The second-order valence-electron chi connectivity index (χ2n) is 8.90. The second kappa shape index (κ2) is 11.8. The SMILES string of the molecule is CC(C)c1ccc(OCC(=O)N(Cc2c(Cl)cccc2Cl)[C@H](C)C(=O)NC2CCCC2)cc1. The minimum atomic E-state index is -0.697. The lowest BCUT2D eigenvalue weighted by molar-refractivity contribution is -0.142. The Morgan fingerprint density at radius 1 is 1.03 bits per heavy atom. The molecule has 178 valence electrons. The van der Waals surface area contributed by atoms with E-state index in [9.17, 15) is 9.59 Å². The number of ether oxygens (including phenoxy) is 1. The Morgan fingerprint density at radius 3 is 2.21 bits per heavy atom. The minimum Gasteiger partial charge on any atom is -0.484 e. The van der Waals surface area contributed by atoms with Crippen LogP contribution in [0.5, 0.6) is 5.75 Å². The van der Waals surface area contributed by atoms with Gasteiger partial charge in [-0.1, -0.05) is 68.1 Å². The van der Waals surface area contributed by atoms with Crippen LogP contribution in [0.4, 0.5) is 0 Å². The van der Waals surface area contributed by atoms with Crippen LogP contribution >= 0.6 is 23.2 Å². The standard InChI is InChI=1S/C26H32Cl2N2O3/c1-17(2)19-11-13-21(14-12-19)33-16-25(31)30(15-22-23(27)9-6-10-24(22)28)18(3)26(32)29-20-7-4-5-8-20/h6,9-14,17-18,20H,4-5,7-8,15-16H2,1-3H3,(H,29,32)/t18-/m1/s1. The first kappa shape index (κ1) is 25.4. The highest BCUT2D eigenvalue weighted by atomic mass is 35.5. The van der Waals surface area contributed by atoms with E-state index in [1.807, 2.05) is 24.3 Å². The summed E-state index contributed by atoms with van der Waals surface area (Å²) in [5, 5.41) is 3.99. The number of carbonyl (C=O) groups excluding carboxylic acids is 2. The molecule has 0 aromatic heterocycles. The molecule has 1 aliphatic rings. The van der Waals surface area contributed by atoms with Crippen molar-refractivity contribution in [3.8, 4) is 5.75 Å². The van der Waals surface area contributed by atoms with Gasteiger partial charge in [-0.15, -0.1) is 0 Å². The van der Waals surface area contributed by atoms with Crippen molar-refractivity contribution in [3.63, 3.8) is 0 Å². The van der Waals surface area contributed by atoms with Crippen LogP contribution < -0.4 is 10.1 Å². The second-order valence-corrected chi connectivity index (χ2v) is 9.71. The van der Waals surface area contributed by atoms with Gasteiger partial charge in [-0.3, -0.25) is 9.59 Å². The van der Waals surface area contributed by atoms with Gasteiger partial charge in [-0.2, -0.15) is 0 Å². The van der Waals surface area contributed by atoms with E-state index < -0.39 is 6.04 Å². The molecular formula is C26H32Cl2N2O3. The normalized spacial score (nSPS) is 14.8. The van der Waals surface area contributed by atoms with Crippen LogP contribution in [-0.2, 0) is 16.1 Å². The highest BCUT2D eigenvalue weighted by Gasteiger charge is 2.29. The summed E-state index contributed by atoms with van der Waals surface area (Å²) in [5.41, 5.74) is 1.80. The van der Waals surface area contributed by atoms with Crippen LogP contribution in [0, 0.1) is 0 Å². The number of hydrogen-bond acceptors (Lipinski definition) is 3. The molecule has 1 fully saturated rings. The third-order valence-corrected chi connectivity index (χ3v) is 6.88. The first-order valence-corrected chi connectivity index (χ1v) is 12.3. The van der Waals surface area contributed by atoms with Gasteiger partial charge in [0.2, 0.25) is 5.91 Å². The van der Waals surface area contributed by atoms with E-state index in [1.165, 1.54) is 10.5 Å². The van der Waals surface area contributed by atoms with Gasteiger partial charge in [-0.05, 0) is 55.5 Å². The molecular weight excluding hydrogens is 459 g/mol. The number of nitrogens with one attached hydrogen (secondary N) is 1. The largest absolute Gasteiger partial charge is 0.484 e. The summed E-state index contributed by atoms with van der Waals surface area (Å²) in [5.74, 6) is 0.523. The molecule has 7 heteroatoms. The van der Waals surface area contributed by atoms with E-state index in [0.29, 0.717) is 27.3 Å². The average molecular weight is 491 g/mol. The van der Waals surface area contributed by atoms with E-state index in [4.69, 9.17) is 27.9 Å². The Labute approximate surface area is 206 Å². The quantitative estimate of drug-likeness (QED) is 0.470. The molecule has 0 heterocycles. The fourth-order valence-corrected chi connectivity index (χ4v) is 4.52. The Kier molecular flexibility index (Phi) is 9.04. The number of halogens is 2. The third-order valence-electron chi connectivity index (χ3n) is 6.17. The van der Waals surface area contributed by atoms with Crippen molar-refractivity contribution in [1.29, 1.82) is 0 Å². The smallest absolute Gasteiger partial charge is 0.261 e. The van der Waals surface area contributed by atoms with Gasteiger partial charge in [-0.25, -0.2) is 0 Å². The molecule has 1 atom stereocenters. The van der Waals surface area contributed by atoms with E-state index >= 15 is 0 Å². The maximum Gasteiger partial charge on any atom is 0.261 e. The summed E-state index contributed by atoms with van der Waals surface area (Å²) in [6, 6.07) is 12.4. The Bertz CT molecular complexity index is 936. The lowest BCUT2D eigenvalue weighted by atomic mass is 10.0. The van der Waals surface area contributed by atoms with Gasteiger partial charge >= 0.3 is 0 Å². The maximum atomic E-state index is 13.2. The van der Waals surface area contributed by atoms with Gasteiger partial charge < -0.3 is 15.0 Å². The molecule has 5 nitrogen and oxygen atoms in total. The van der Waals surface area contributed by atoms with Crippen LogP contribution in [0.15, 0.2) is 42.5 Å². The summed E-state index contributed by atoms with van der Waals surface area (Å²) in [6.45, 7) is 5.89. The number of nitrogens with zero attached hydrogens (tertiary/aromatic N) is 1. The summed E-state index contributed by atoms with van der Waals surface area (Å²) in [4.78, 5) is 27.7. The third kappa shape index (κ3) is 6.87. The first-order valence-electron chi connectivity index (χ1n) is 11.5. The van der Waals surface area contributed by atoms with E-state index in [0.717, 1.165) is 25.7 Å². The molecule has 0 aliphatic heterocycles. The minimum absolute atomic E-state index is 0.117. The van der Waals surface area contributed by atoms with Gasteiger partial charge in [0.25, 0.3) is 5.91 Å². The molecule has 2 aromatic rings. The molecule has 0 radical (unpaired) electrons. The van der Waals surface area contributed by atoms with E-state index in [1.54, 1.807) is 25.1 Å². The molecule has 1 N–H and O–H groups in total. The fourth-order valence-electron chi connectivity index (χ4n) is 4.01. The molecule has 1 saturated carbocycles. The highest BCUT2D eigenvalue weighted by Crippen LogP contribution is 2.27. The van der Waals surface area contributed by atoms with Crippen molar-refractivity contribution in [2.75, 3.05) is 6.61 Å². The van der Waals surface area contributed by atoms with Gasteiger partial charge in [0.15, 0.2) is 6.61 Å². The molecule has 0 saturated heterocycles. The van der Waals surface area contributed by atoms with Crippen molar-refractivity contribution in [1.82, 2.24) is 10.2 Å². The van der Waals surface area contributed by atoms with Gasteiger partial charge in [0, 0.05) is 28.2 Å². The summed E-state index contributed by atoms with van der Waals surface area (Å²) < 4.78 is 5.76. The van der Waals surface area contributed by atoms with Crippen molar-refractivity contribution >= 4 is 35.0 Å². The molecule has 2 amide bonds. The molecule has 3 rings (SSSR count).